The minimum atomic E-state index is -2.43. The first-order chi connectivity index (χ1) is 15.7. The first kappa shape index (κ1) is 32.1. The van der Waals surface area contributed by atoms with Crippen LogP contribution < -0.4 is 5.32 Å². The van der Waals surface area contributed by atoms with Gasteiger partial charge in [0.25, 0.3) is 0 Å². The van der Waals surface area contributed by atoms with Crippen molar-refractivity contribution in [2.24, 2.45) is 0 Å². The molecular weight excluding hydrogens is 414 g/mol. The summed E-state index contributed by atoms with van der Waals surface area (Å²) in [5.41, 5.74) is 0. The van der Waals surface area contributed by atoms with Crippen molar-refractivity contribution in [3.05, 3.63) is 0 Å². The summed E-state index contributed by atoms with van der Waals surface area (Å²) in [5, 5.41) is 3.86. The van der Waals surface area contributed by atoms with E-state index in [1.54, 1.807) is 21.3 Å². The molecule has 0 fully saturated rings. The van der Waals surface area contributed by atoms with Gasteiger partial charge in [-0.1, -0.05) is 117 Å². The second kappa shape index (κ2) is 24.2. The van der Waals surface area contributed by atoms with Crippen LogP contribution in [0.1, 0.15) is 136 Å². The van der Waals surface area contributed by atoms with E-state index in [0.29, 0.717) is 6.04 Å². The van der Waals surface area contributed by atoms with Crippen LogP contribution in [0.5, 0.6) is 0 Å². The van der Waals surface area contributed by atoms with Crippen LogP contribution in [0.2, 0.25) is 6.04 Å². The van der Waals surface area contributed by atoms with E-state index in [1.807, 2.05) is 0 Å². The minimum Gasteiger partial charge on any atom is -0.377 e. The Bertz CT molecular complexity index is 339. The Morgan fingerprint density at radius 3 is 1.28 bits per heavy atom. The summed E-state index contributed by atoms with van der Waals surface area (Å²) < 4.78 is 16.7. The molecule has 0 aliphatic heterocycles. The smallest absolute Gasteiger partial charge is 0.377 e. The lowest BCUT2D eigenvalue weighted by molar-refractivity contribution is 0.123. The number of hydrogen-bond acceptors (Lipinski definition) is 4. The Kier molecular flexibility index (Phi) is 24.2. The van der Waals surface area contributed by atoms with Crippen LogP contribution in [0.4, 0.5) is 0 Å². The third-order valence-corrected chi connectivity index (χ3v) is 9.67. The monoisotopic (exact) mass is 473 g/mol. The molecule has 0 aromatic heterocycles. The van der Waals surface area contributed by atoms with Crippen molar-refractivity contribution < 1.29 is 13.3 Å². The Labute approximate surface area is 203 Å². The normalized spacial score (nSPS) is 12.2. The third-order valence-electron chi connectivity index (χ3n) is 6.84. The van der Waals surface area contributed by atoms with E-state index in [4.69, 9.17) is 13.3 Å². The fraction of sp³-hybridized carbons (Fsp3) is 1.00. The zero-order chi connectivity index (χ0) is 23.8. The van der Waals surface area contributed by atoms with Gasteiger partial charge in [-0.05, 0) is 25.8 Å². The summed E-state index contributed by atoms with van der Waals surface area (Å²) >= 11 is 0. The molecule has 5 heteroatoms. The zero-order valence-corrected chi connectivity index (χ0v) is 23.7. The largest absolute Gasteiger partial charge is 0.500 e. The standard InChI is InChI=1S/C27H59NO3Si/c1-6-8-10-12-14-16-18-20-23-27(24-21-19-17-15-13-11-9-7-2)28-25-22-26-32(29-3,30-4)31-5/h27-28H,6-26H2,1-5H3. The van der Waals surface area contributed by atoms with Crippen LogP contribution in [0.15, 0.2) is 0 Å². The molecule has 0 rings (SSSR count). The van der Waals surface area contributed by atoms with Gasteiger partial charge in [0.05, 0.1) is 0 Å². The van der Waals surface area contributed by atoms with Crippen molar-refractivity contribution in [3.63, 3.8) is 0 Å². The van der Waals surface area contributed by atoms with Crippen molar-refractivity contribution in [3.8, 4) is 0 Å². The molecule has 0 radical (unpaired) electrons. The van der Waals surface area contributed by atoms with Crippen molar-refractivity contribution in [1.82, 2.24) is 5.32 Å². The molecule has 4 nitrogen and oxygen atoms in total. The molecule has 0 amide bonds. The first-order valence-corrected chi connectivity index (χ1v) is 16.0. The van der Waals surface area contributed by atoms with Crippen LogP contribution in [-0.2, 0) is 13.3 Å². The molecule has 0 saturated carbocycles. The maximum absolute atomic E-state index is 5.56. The third kappa shape index (κ3) is 18.5. The topological polar surface area (TPSA) is 39.7 Å². The van der Waals surface area contributed by atoms with E-state index >= 15 is 0 Å². The van der Waals surface area contributed by atoms with Crippen molar-refractivity contribution in [2.75, 3.05) is 27.9 Å². The molecule has 194 valence electrons. The summed E-state index contributed by atoms with van der Waals surface area (Å²) in [5.74, 6) is 0. The van der Waals surface area contributed by atoms with Gasteiger partial charge < -0.3 is 18.6 Å². The molecular formula is C27H59NO3Si. The van der Waals surface area contributed by atoms with E-state index in [-0.39, 0.29) is 0 Å². The van der Waals surface area contributed by atoms with Crippen LogP contribution in [0.3, 0.4) is 0 Å². The van der Waals surface area contributed by atoms with Gasteiger partial charge >= 0.3 is 8.80 Å². The van der Waals surface area contributed by atoms with E-state index in [1.165, 1.54) is 116 Å². The van der Waals surface area contributed by atoms with Gasteiger partial charge in [0.15, 0.2) is 0 Å². The minimum absolute atomic E-state index is 0.666. The zero-order valence-electron chi connectivity index (χ0n) is 22.7. The lowest BCUT2D eigenvalue weighted by Gasteiger charge is -2.25. The van der Waals surface area contributed by atoms with E-state index < -0.39 is 8.80 Å². The van der Waals surface area contributed by atoms with Gasteiger partial charge in [0.1, 0.15) is 0 Å². The van der Waals surface area contributed by atoms with Gasteiger partial charge in [-0.25, -0.2) is 0 Å². The molecule has 0 unspecified atom stereocenters. The summed E-state index contributed by atoms with van der Waals surface area (Å²) in [6.07, 6.45) is 26.1. The first-order valence-electron chi connectivity index (χ1n) is 14.1. The SMILES string of the molecule is CCCCCCCCCCC(CCCCCCCCCC)NCCC[Si](OC)(OC)OC. The van der Waals surface area contributed by atoms with Gasteiger partial charge in [0.2, 0.25) is 0 Å². The summed E-state index contributed by atoms with van der Waals surface area (Å²) in [7, 11) is 2.70. The summed E-state index contributed by atoms with van der Waals surface area (Å²) in [4.78, 5) is 0. The van der Waals surface area contributed by atoms with E-state index in [2.05, 4.69) is 19.2 Å². The van der Waals surface area contributed by atoms with Gasteiger partial charge in [0, 0.05) is 33.4 Å². The highest BCUT2D eigenvalue weighted by molar-refractivity contribution is 6.60. The Morgan fingerprint density at radius 2 is 0.906 bits per heavy atom. The molecule has 0 atom stereocenters. The molecule has 0 bridgehead atoms. The van der Waals surface area contributed by atoms with Crippen molar-refractivity contribution in [2.45, 2.75) is 148 Å². The molecule has 1 N–H and O–H groups in total. The second-order valence-corrected chi connectivity index (χ2v) is 12.7. The lowest BCUT2D eigenvalue weighted by Crippen LogP contribution is -2.43. The molecule has 0 aliphatic carbocycles. The van der Waals surface area contributed by atoms with Gasteiger partial charge in [-0.2, -0.15) is 0 Å². The molecule has 0 aliphatic rings. The highest BCUT2D eigenvalue weighted by atomic mass is 28.4. The van der Waals surface area contributed by atoms with E-state index in [0.717, 1.165) is 19.0 Å². The van der Waals surface area contributed by atoms with Crippen LogP contribution in [0.25, 0.3) is 0 Å². The molecule has 0 spiro atoms. The second-order valence-electron chi connectivity index (χ2n) is 9.58. The quantitative estimate of drug-likeness (QED) is 0.101. The predicted molar refractivity (Wildman–Crippen MR) is 142 cm³/mol. The highest BCUT2D eigenvalue weighted by Crippen LogP contribution is 2.17. The lowest BCUT2D eigenvalue weighted by atomic mass is 9.99. The highest BCUT2D eigenvalue weighted by Gasteiger charge is 2.36. The van der Waals surface area contributed by atoms with Gasteiger partial charge in [-0.15, -0.1) is 0 Å². The summed E-state index contributed by atoms with van der Waals surface area (Å²) in [6, 6.07) is 1.55. The number of rotatable bonds is 26. The average Bonchev–Trinajstić information content (AvgIpc) is 2.82. The molecule has 0 heterocycles. The van der Waals surface area contributed by atoms with Gasteiger partial charge in [-0.3, -0.25) is 0 Å². The van der Waals surface area contributed by atoms with Crippen LogP contribution in [0, 0.1) is 0 Å². The van der Waals surface area contributed by atoms with Crippen LogP contribution in [-0.4, -0.2) is 42.7 Å². The van der Waals surface area contributed by atoms with Crippen molar-refractivity contribution in [1.29, 1.82) is 0 Å². The van der Waals surface area contributed by atoms with Crippen LogP contribution >= 0.6 is 0 Å². The number of nitrogens with one attached hydrogen (secondary N) is 1. The molecule has 0 aromatic rings. The maximum atomic E-state index is 5.56. The van der Waals surface area contributed by atoms with Crippen molar-refractivity contribution >= 4 is 8.80 Å². The fourth-order valence-electron chi connectivity index (χ4n) is 4.56. The number of unbranched alkanes of at least 4 members (excludes halogenated alkanes) is 14. The predicted octanol–water partition coefficient (Wildman–Crippen LogP) is 8.27. The Balaban J connectivity index is 4.12. The molecule has 32 heavy (non-hydrogen) atoms. The molecule has 0 aromatic carbocycles. The Morgan fingerprint density at radius 1 is 0.531 bits per heavy atom. The van der Waals surface area contributed by atoms with E-state index in [9.17, 15) is 0 Å². The maximum Gasteiger partial charge on any atom is 0.500 e. The summed E-state index contributed by atoms with van der Waals surface area (Å²) in [6.45, 7) is 5.62. The Hall–Kier alpha value is 0.0569. The fourth-order valence-corrected chi connectivity index (χ4v) is 6.29. The average molecular weight is 474 g/mol. The molecule has 0 saturated heterocycles. The number of hydrogen-bond donors (Lipinski definition) is 1.